The molecule has 1 heterocycles. The summed E-state index contributed by atoms with van der Waals surface area (Å²) in [7, 11) is 0. The van der Waals surface area contributed by atoms with E-state index in [1.165, 1.54) is 0 Å². The first-order valence-corrected chi connectivity index (χ1v) is 5.92. The van der Waals surface area contributed by atoms with Crippen molar-refractivity contribution in [2.24, 2.45) is 5.73 Å². The van der Waals surface area contributed by atoms with Gasteiger partial charge in [0.25, 0.3) is 0 Å². The van der Waals surface area contributed by atoms with Gasteiger partial charge < -0.3 is 20.3 Å². The number of aliphatic hydroxyl groups is 1. The van der Waals surface area contributed by atoms with Gasteiger partial charge in [-0.1, -0.05) is 30.3 Å². The zero-order chi connectivity index (χ0) is 12.1. The standard InChI is InChI=1S/C13H19NO3/c14-12(6-10-4-2-1-3-5-10)13(15)9-17-11-7-16-8-11/h1-5,11-13,15H,6-9,14H2. The molecule has 0 radical (unpaired) electrons. The van der Waals surface area contributed by atoms with Crippen LogP contribution in [0.3, 0.4) is 0 Å². The molecule has 1 aliphatic rings. The van der Waals surface area contributed by atoms with E-state index in [4.69, 9.17) is 15.2 Å². The molecule has 0 saturated carbocycles. The van der Waals surface area contributed by atoms with Gasteiger partial charge in [-0.3, -0.25) is 0 Å². The summed E-state index contributed by atoms with van der Waals surface area (Å²) in [6.45, 7) is 1.53. The molecular weight excluding hydrogens is 218 g/mol. The quantitative estimate of drug-likeness (QED) is 0.748. The van der Waals surface area contributed by atoms with E-state index in [0.717, 1.165) is 5.56 Å². The molecule has 17 heavy (non-hydrogen) atoms. The maximum absolute atomic E-state index is 9.86. The van der Waals surface area contributed by atoms with E-state index in [-0.39, 0.29) is 18.8 Å². The molecule has 2 unspecified atom stereocenters. The number of nitrogens with two attached hydrogens (primary N) is 1. The molecule has 0 bridgehead atoms. The Morgan fingerprint density at radius 2 is 2.06 bits per heavy atom. The third-order valence-electron chi connectivity index (χ3n) is 2.92. The van der Waals surface area contributed by atoms with Crippen LogP contribution in [0.1, 0.15) is 5.56 Å². The Balaban J connectivity index is 1.72. The highest BCUT2D eigenvalue weighted by atomic mass is 16.6. The van der Waals surface area contributed by atoms with E-state index >= 15 is 0 Å². The van der Waals surface area contributed by atoms with Crippen molar-refractivity contribution in [3.63, 3.8) is 0 Å². The summed E-state index contributed by atoms with van der Waals surface area (Å²) in [6, 6.07) is 9.62. The predicted octanol–water partition coefficient (Wildman–Crippen LogP) is 0.333. The maximum atomic E-state index is 9.86. The molecule has 4 heteroatoms. The van der Waals surface area contributed by atoms with Gasteiger partial charge in [-0.15, -0.1) is 0 Å². The Morgan fingerprint density at radius 1 is 1.35 bits per heavy atom. The van der Waals surface area contributed by atoms with Crippen LogP contribution in [0.5, 0.6) is 0 Å². The summed E-state index contributed by atoms with van der Waals surface area (Å²) < 4.78 is 10.4. The molecule has 1 aromatic carbocycles. The second-order valence-corrected chi connectivity index (χ2v) is 4.41. The van der Waals surface area contributed by atoms with Gasteiger partial charge in [-0.2, -0.15) is 0 Å². The zero-order valence-corrected chi connectivity index (χ0v) is 9.79. The van der Waals surface area contributed by atoms with Gasteiger partial charge >= 0.3 is 0 Å². The molecule has 94 valence electrons. The molecule has 3 N–H and O–H groups in total. The Bertz CT molecular complexity index is 327. The molecule has 4 nitrogen and oxygen atoms in total. The molecule has 1 aliphatic heterocycles. The van der Waals surface area contributed by atoms with Crippen LogP contribution >= 0.6 is 0 Å². The van der Waals surface area contributed by atoms with E-state index in [1.807, 2.05) is 30.3 Å². The molecule has 2 atom stereocenters. The third-order valence-corrected chi connectivity index (χ3v) is 2.92. The maximum Gasteiger partial charge on any atom is 0.104 e. The number of aliphatic hydroxyl groups excluding tert-OH is 1. The zero-order valence-electron chi connectivity index (χ0n) is 9.79. The molecule has 0 aromatic heterocycles. The fourth-order valence-electron chi connectivity index (χ4n) is 1.69. The van der Waals surface area contributed by atoms with Crippen LogP contribution in [-0.4, -0.2) is 43.2 Å². The largest absolute Gasteiger partial charge is 0.389 e. The summed E-state index contributed by atoms with van der Waals surface area (Å²) in [5.41, 5.74) is 7.06. The summed E-state index contributed by atoms with van der Waals surface area (Å²) in [5, 5.41) is 9.86. The van der Waals surface area contributed by atoms with Crippen molar-refractivity contribution in [3.05, 3.63) is 35.9 Å². The van der Waals surface area contributed by atoms with E-state index in [1.54, 1.807) is 0 Å². The third kappa shape index (κ3) is 3.78. The van der Waals surface area contributed by atoms with Crippen molar-refractivity contribution in [3.8, 4) is 0 Å². The molecule has 0 amide bonds. The van der Waals surface area contributed by atoms with Crippen LogP contribution in [0.2, 0.25) is 0 Å². The Hall–Kier alpha value is -0.940. The van der Waals surface area contributed by atoms with Crippen LogP contribution in [0.25, 0.3) is 0 Å². The van der Waals surface area contributed by atoms with Crippen molar-refractivity contribution in [1.82, 2.24) is 0 Å². The number of benzene rings is 1. The minimum atomic E-state index is -0.629. The molecule has 2 rings (SSSR count). The molecule has 1 saturated heterocycles. The van der Waals surface area contributed by atoms with Gasteiger partial charge in [0.2, 0.25) is 0 Å². The lowest BCUT2D eigenvalue weighted by Gasteiger charge is -2.28. The van der Waals surface area contributed by atoms with E-state index in [9.17, 15) is 5.11 Å². The van der Waals surface area contributed by atoms with E-state index < -0.39 is 6.10 Å². The summed E-state index contributed by atoms with van der Waals surface area (Å²) in [4.78, 5) is 0. The molecule has 0 spiro atoms. The minimum Gasteiger partial charge on any atom is -0.389 e. The lowest BCUT2D eigenvalue weighted by Crippen LogP contribution is -2.43. The van der Waals surface area contributed by atoms with Crippen molar-refractivity contribution in [2.45, 2.75) is 24.7 Å². The van der Waals surface area contributed by atoms with Crippen LogP contribution in [0.15, 0.2) is 30.3 Å². The summed E-state index contributed by atoms with van der Waals surface area (Å²) in [6.07, 6.45) is 0.163. The highest BCUT2D eigenvalue weighted by molar-refractivity contribution is 5.16. The van der Waals surface area contributed by atoms with Crippen molar-refractivity contribution >= 4 is 0 Å². The van der Waals surface area contributed by atoms with Gasteiger partial charge in [0.05, 0.1) is 25.9 Å². The Kier molecular flexibility index (Phi) is 4.50. The van der Waals surface area contributed by atoms with Crippen LogP contribution in [0.4, 0.5) is 0 Å². The SMILES string of the molecule is NC(Cc1ccccc1)C(O)COC1COC1. The van der Waals surface area contributed by atoms with Crippen LogP contribution in [-0.2, 0) is 15.9 Å². The lowest BCUT2D eigenvalue weighted by atomic mass is 10.0. The van der Waals surface area contributed by atoms with E-state index in [0.29, 0.717) is 19.6 Å². The Morgan fingerprint density at radius 3 is 2.65 bits per heavy atom. The van der Waals surface area contributed by atoms with Gasteiger partial charge in [-0.05, 0) is 12.0 Å². The van der Waals surface area contributed by atoms with Gasteiger partial charge in [0.1, 0.15) is 6.10 Å². The molecule has 1 fully saturated rings. The lowest BCUT2D eigenvalue weighted by molar-refractivity contribution is -0.144. The average Bonchev–Trinajstić information content (AvgIpc) is 2.28. The first kappa shape index (κ1) is 12.5. The van der Waals surface area contributed by atoms with Crippen molar-refractivity contribution in [2.75, 3.05) is 19.8 Å². The second kappa shape index (κ2) is 6.12. The second-order valence-electron chi connectivity index (χ2n) is 4.41. The number of hydrogen-bond acceptors (Lipinski definition) is 4. The van der Waals surface area contributed by atoms with E-state index in [2.05, 4.69) is 0 Å². The first-order valence-electron chi connectivity index (χ1n) is 5.92. The number of rotatable bonds is 6. The smallest absolute Gasteiger partial charge is 0.104 e. The monoisotopic (exact) mass is 237 g/mol. The highest BCUT2D eigenvalue weighted by Crippen LogP contribution is 2.08. The molecular formula is C13H19NO3. The number of hydrogen-bond donors (Lipinski definition) is 2. The predicted molar refractivity (Wildman–Crippen MR) is 64.7 cm³/mol. The van der Waals surface area contributed by atoms with Crippen LogP contribution < -0.4 is 5.73 Å². The fraction of sp³-hybridized carbons (Fsp3) is 0.538. The fourth-order valence-corrected chi connectivity index (χ4v) is 1.69. The highest BCUT2D eigenvalue weighted by Gasteiger charge is 2.22. The normalized spacial score (nSPS) is 19.6. The summed E-state index contributed by atoms with van der Waals surface area (Å²) in [5.74, 6) is 0. The van der Waals surface area contributed by atoms with Gasteiger partial charge in [0, 0.05) is 6.04 Å². The topological polar surface area (TPSA) is 64.7 Å². The molecule has 0 aliphatic carbocycles. The van der Waals surface area contributed by atoms with Crippen molar-refractivity contribution < 1.29 is 14.6 Å². The summed E-state index contributed by atoms with van der Waals surface area (Å²) >= 11 is 0. The minimum absolute atomic E-state index is 0.133. The number of ether oxygens (including phenoxy) is 2. The first-order chi connectivity index (χ1) is 8.25. The average molecular weight is 237 g/mol. The molecule has 1 aromatic rings. The Labute approximate surface area is 101 Å². The van der Waals surface area contributed by atoms with Crippen LogP contribution in [0, 0.1) is 0 Å². The van der Waals surface area contributed by atoms with Gasteiger partial charge in [-0.25, -0.2) is 0 Å². The van der Waals surface area contributed by atoms with Gasteiger partial charge in [0.15, 0.2) is 0 Å². The van der Waals surface area contributed by atoms with Crippen molar-refractivity contribution in [1.29, 1.82) is 0 Å².